The number of anilines is 3. The highest BCUT2D eigenvalue weighted by Crippen LogP contribution is 2.36. The van der Waals surface area contributed by atoms with Crippen LogP contribution in [-0.4, -0.2) is 53.3 Å². The predicted octanol–water partition coefficient (Wildman–Crippen LogP) is 3.04. The van der Waals surface area contributed by atoms with Crippen molar-refractivity contribution in [2.45, 2.75) is 45.3 Å². The first-order valence-corrected chi connectivity index (χ1v) is 10.9. The maximum Gasteiger partial charge on any atom is 0.353 e. The number of ether oxygens (including phenoxy) is 1. The molecule has 2 fully saturated rings. The van der Waals surface area contributed by atoms with E-state index < -0.39 is 4.92 Å². The van der Waals surface area contributed by atoms with Crippen molar-refractivity contribution in [2.24, 2.45) is 5.92 Å². The number of nitrogen functional groups attached to an aromatic ring is 1. The molecule has 0 bridgehead atoms. The number of aromatic nitrogens is 2. The number of benzene rings is 1. The Labute approximate surface area is 182 Å². The van der Waals surface area contributed by atoms with E-state index in [4.69, 9.17) is 10.5 Å². The highest BCUT2D eigenvalue weighted by atomic mass is 16.6. The van der Waals surface area contributed by atoms with Gasteiger partial charge in [0.1, 0.15) is 0 Å². The number of nitrogens with zero attached hydrogens (tertiary/aromatic N) is 5. The molecule has 9 heteroatoms. The number of nitrogens with two attached hydrogens (primary N) is 1. The van der Waals surface area contributed by atoms with Crippen LogP contribution in [0.4, 0.5) is 23.3 Å². The number of nitro groups is 1. The van der Waals surface area contributed by atoms with Gasteiger partial charge in [0, 0.05) is 26.2 Å². The lowest BCUT2D eigenvalue weighted by Gasteiger charge is -2.36. The second-order valence-electron chi connectivity index (χ2n) is 8.62. The summed E-state index contributed by atoms with van der Waals surface area (Å²) >= 11 is 0. The molecule has 0 aliphatic carbocycles. The molecule has 0 unspecified atom stereocenters. The van der Waals surface area contributed by atoms with Gasteiger partial charge in [0.15, 0.2) is 0 Å². The van der Waals surface area contributed by atoms with Crippen molar-refractivity contribution in [2.75, 3.05) is 41.7 Å². The first kappa shape index (κ1) is 21.3. The summed E-state index contributed by atoms with van der Waals surface area (Å²) in [5, 5.41) is 11.8. The summed E-state index contributed by atoms with van der Waals surface area (Å²) in [5.41, 5.74) is 7.19. The smallest absolute Gasteiger partial charge is 0.353 e. The Kier molecular flexibility index (Phi) is 6.22. The van der Waals surface area contributed by atoms with Gasteiger partial charge in [-0.1, -0.05) is 30.3 Å². The molecule has 166 valence electrons. The van der Waals surface area contributed by atoms with Gasteiger partial charge in [-0.2, -0.15) is 9.97 Å². The standard InChI is InChI=1S/C22H30N6O3/c1-15-13-27(14-16(2)31-15)22-24-20(23)19(28(29)30)21(25-22)26-10-8-18(9-11-26)12-17-6-4-3-5-7-17/h3-7,15-16,18H,8-14H2,1-2H3,(H2,23,24,25)/t15-,16+. The Balaban J connectivity index is 1.54. The fourth-order valence-corrected chi connectivity index (χ4v) is 4.62. The molecule has 2 saturated heterocycles. The minimum absolute atomic E-state index is 0.0287. The molecule has 31 heavy (non-hydrogen) atoms. The quantitative estimate of drug-likeness (QED) is 0.574. The number of hydrogen-bond donors (Lipinski definition) is 1. The van der Waals surface area contributed by atoms with Gasteiger partial charge in [-0.05, 0) is 44.6 Å². The first-order valence-electron chi connectivity index (χ1n) is 10.9. The summed E-state index contributed by atoms with van der Waals surface area (Å²) < 4.78 is 5.79. The van der Waals surface area contributed by atoms with Crippen molar-refractivity contribution in [3.05, 3.63) is 46.0 Å². The van der Waals surface area contributed by atoms with Crippen LogP contribution < -0.4 is 15.5 Å². The van der Waals surface area contributed by atoms with E-state index in [1.807, 2.05) is 29.7 Å². The lowest BCUT2D eigenvalue weighted by atomic mass is 9.90. The van der Waals surface area contributed by atoms with Crippen LogP contribution in [0.2, 0.25) is 0 Å². The average molecular weight is 427 g/mol. The molecule has 1 aromatic carbocycles. The van der Waals surface area contributed by atoms with Gasteiger partial charge in [0.25, 0.3) is 0 Å². The van der Waals surface area contributed by atoms with Gasteiger partial charge in [-0.25, -0.2) is 0 Å². The monoisotopic (exact) mass is 426 g/mol. The Morgan fingerprint density at radius 1 is 1.10 bits per heavy atom. The zero-order valence-corrected chi connectivity index (χ0v) is 18.1. The maximum atomic E-state index is 11.8. The average Bonchev–Trinajstić information content (AvgIpc) is 2.73. The van der Waals surface area contributed by atoms with Crippen molar-refractivity contribution in [1.82, 2.24) is 9.97 Å². The minimum Gasteiger partial charge on any atom is -0.378 e. The summed E-state index contributed by atoms with van der Waals surface area (Å²) in [6.45, 7) is 6.67. The summed E-state index contributed by atoms with van der Waals surface area (Å²) in [5.74, 6) is 1.24. The minimum atomic E-state index is -0.463. The van der Waals surface area contributed by atoms with E-state index in [0.29, 0.717) is 43.9 Å². The summed E-state index contributed by atoms with van der Waals surface area (Å²) in [4.78, 5) is 24.2. The van der Waals surface area contributed by atoms with Crippen molar-refractivity contribution in [1.29, 1.82) is 0 Å². The molecular formula is C22H30N6O3. The largest absolute Gasteiger partial charge is 0.378 e. The maximum absolute atomic E-state index is 11.8. The first-order chi connectivity index (χ1) is 14.9. The van der Waals surface area contributed by atoms with Crippen LogP contribution in [-0.2, 0) is 11.2 Å². The molecule has 2 aliphatic heterocycles. The molecule has 9 nitrogen and oxygen atoms in total. The molecule has 0 radical (unpaired) electrons. The second-order valence-corrected chi connectivity index (χ2v) is 8.62. The Bertz CT molecular complexity index is 907. The predicted molar refractivity (Wildman–Crippen MR) is 120 cm³/mol. The van der Waals surface area contributed by atoms with Gasteiger partial charge in [0.2, 0.25) is 17.6 Å². The van der Waals surface area contributed by atoms with Crippen LogP contribution in [0, 0.1) is 16.0 Å². The highest BCUT2D eigenvalue weighted by Gasteiger charge is 2.32. The molecule has 1 aromatic heterocycles. The lowest BCUT2D eigenvalue weighted by molar-refractivity contribution is -0.383. The zero-order chi connectivity index (χ0) is 22.0. The van der Waals surface area contributed by atoms with Crippen molar-refractivity contribution in [3.63, 3.8) is 0 Å². The molecule has 2 atom stereocenters. The van der Waals surface area contributed by atoms with Crippen molar-refractivity contribution in [3.8, 4) is 0 Å². The van der Waals surface area contributed by atoms with Crippen LogP contribution in [0.15, 0.2) is 30.3 Å². The SMILES string of the molecule is C[C@@H]1CN(c2nc(N)c([N+](=O)[O-])c(N3CCC(Cc4ccccc4)CC3)n2)C[C@H](C)O1. The van der Waals surface area contributed by atoms with Gasteiger partial charge in [-0.15, -0.1) is 0 Å². The lowest BCUT2D eigenvalue weighted by Crippen LogP contribution is -2.46. The van der Waals surface area contributed by atoms with Crippen LogP contribution in [0.5, 0.6) is 0 Å². The molecule has 4 rings (SSSR count). The van der Waals surface area contributed by atoms with Gasteiger partial charge in [-0.3, -0.25) is 10.1 Å². The zero-order valence-electron chi connectivity index (χ0n) is 18.1. The van der Waals surface area contributed by atoms with E-state index in [1.165, 1.54) is 5.56 Å². The molecule has 2 aliphatic rings. The third kappa shape index (κ3) is 4.87. The molecular weight excluding hydrogens is 396 g/mol. The molecule has 3 heterocycles. The second kappa shape index (κ2) is 9.05. The number of piperidine rings is 1. The van der Waals surface area contributed by atoms with E-state index in [0.717, 1.165) is 19.3 Å². The van der Waals surface area contributed by atoms with E-state index in [9.17, 15) is 10.1 Å². The number of hydrogen-bond acceptors (Lipinski definition) is 8. The third-order valence-electron chi connectivity index (χ3n) is 6.05. The Hall–Kier alpha value is -2.94. The Morgan fingerprint density at radius 3 is 2.35 bits per heavy atom. The van der Waals surface area contributed by atoms with Crippen LogP contribution in [0.1, 0.15) is 32.3 Å². The fourth-order valence-electron chi connectivity index (χ4n) is 4.62. The van der Waals surface area contributed by atoms with Gasteiger partial charge in [0.05, 0.1) is 17.1 Å². The summed E-state index contributed by atoms with van der Waals surface area (Å²) in [7, 11) is 0. The molecule has 0 saturated carbocycles. The van der Waals surface area contributed by atoms with Crippen LogP contribution >= 0.6 is 0 Å². The Morgan fingerprint density at radius 2 is 1.74 bits per heavy atom. The normalized spacial score (nSPS) is 22.5. The van der Waals surface area contributed by atoms with E-state index >= 15 is 0 Å². The number of rotatable bonds is 5. The topological polar surface area (TPSA) is 111 Å². The molecule has 0 amide bonds. The van der Waals surface area contributed by atoms with E-state index in [-0.39, 0.29) is 23.7 Å². The summed E-state index contributed by atoms with van der Waals surface area (Å²) in [6, 6.07) is 10.5. The molecule has 2 aromatic rings. The van der Waals surface area contributed by atoms with E-state index in [2.05, 4.69) is 34.2 Å². The number of morpholine rings is 1. The fraction of sp³-hybridized carbons (Fsp3) is 0.545. The third-order valence-corrected chi connectivity index (χ3v) is 6.05. The molecule has 2 N–H and O–H groups in total. The van der Waals surface area contributed by atoms with Crippen molar-refractivity contribution >= 4 is 23.3 Å². The van der Waals surface area contributed by atoms with Crippen molar-refractivity contribution < 1.29 is 9.66 Å². The van der Waals surface area contributed by atoms with Crippen LogP contribution in [0.3, 0.4) is 0 Å². The summed E-state index contributed by atoms with van der Waals surface area (Å²) in [6.07, 6.45) is 2.99. The van der Waals surface area contributed by atoms with Gasteiger partial charge >= 0.3 is 5.69 Å². The van der Waals surface area contributed by atoms with E-state index in [1.54, 1.807) is 0 Å². The highest BCUT2D eigenvalue weighted by molar-refractivity contribution is 5.71. The molecule has 0 spiro atoms. The van der Waals surface area contributed by atoms with Gasteiger partial charge < -0.3 is 20.3 Å². The van der Waals surface area contributed by atoms with Crippen LogP contribution in [0.25, 0.3) is 0 Å².